The minimum atomic E-state index is 0.875. The van der Waals surface area contributed by atoms with Crippen molar-refractivity contribution < 1.29 is 4.74 Å². The van der Waals surface area contributed by atoms with E-state index in [1.807, 2.05) is 12.1 Å². The average molecular weight is 273 g/mol. The summed E-state index contributed by atoms with van der Waals surface area (Å²) in [5.74, 6) is 0.875. The number of rotatable bonds is 2. The van der Waals surface area contributed by atoms with Crippen LogP contribution in [0.5, 0.6) is 5.75 Å². The summed E-state index contributed by atoms with van der Waals surface area (Å²) < 4.78 is 5.42. The summed E-state index contributed by atoms with van der Waals surface area (Å²) in [6, 6.07) is 23.2. The fourth-order valence-electron chi connectivity index (χ4n) is 2.81. The third-order valence-electron chi connectivity index (χ3n) is 3.90. The second kappa shape index (κ2) is 4.67. The normalized spacial score (nSPS) is 11.1. The zero-order valence-electron chi connectivity index (χ0n) is 11.8. The van der Waals surface area contributed by atoms with Crippen molar-refractivity contribution in [2.45, 2.75) is 0 Å². The number of fused-ring (bicyclic) bond motifs is 2. The van der Waals surface area contributed by atoms with E-state index in [0.717, 1.165) is 22.3 Å². The van der Waals surface area contributed by atoms with Gasteiger partial charge in [-0.05, 0) is 34.5 Å². The van der Waals surface area contributed by atoms with Gasteiger partial charge in [0.25, 0.3) is 0 Å². The minimum Gasteiger partial charge on any atom is -0.495 e. The summed E-state index contributed by atoms with van der Waals surface area (Å²) in [5.41, 5.74) is 3.34. The first kappa shape index (κ1) is 12.0. The molecule has 0 bridgehead atoms. The van der Waals surface area contributed by atoms with Crippen LogP contribution < -0.4 is 4.74 Å². The highest BCUT2D eigenvalue weighted by Crippen LogP contribution is 2.31. The number of aromatic amines is 1. The van der Waals surface area contributed by atoms with Crippen LogP contribution in [-0.4, -0.2) is 12.1 Å². The maximum Gasteiger partial charge on any atom is 0.142 e. The van der Waals surface area contributed by atoms with E-state index in [0.29, 0.717) is 0 Å². The number of benzene rings is 3. The van der Waals surface area contributed by atoms with Gasteiger partial charge >= 0.3 is 0 Å². The number of aromatic nitrogens is 1. The maximum absolute atomic E-state index is 5.42. The molecule has 0 unspecified atom stereocenters. The Balaban J connectivity index is 1.91. The van der Waals surface area contributed by atoms with E-state index in [2.05, 4.69) is 59.6 Å². The van der Waals surface area contributed by atoms with Crippen LogP contribution in [0, 0.1) is 0 Å². The molecule has 0 spiro atoms. The van der Waals surface area contributed by atoms with Gasteiger partial charge < -0.3 is 9.72 Å². The Kier molecular flexibility index (Phi) is 2.68. The van der Waals surface area contributed by atoms with Crippen molar-refractivity contribution in [1.29, 1.82) is 0 Å². The van der Waals surface area contributed by atoms with Crippen LogP contribution in [-0.2, 0) is 0 Å². The van der Waals surface area contributed by atoms with Crippen LogP contribution in [0.4, 0.5) is 0 Å². The Labute approximate surface area is 123 Å². The summed E-state index contributed by atoms with van der Waals surface area (Å²) in [5, 5.41) is 3.67. The Hall–Kier alpha value is -2.74. The molecule has 0 saturated carbocycles. The molecule has 0 amide bonds. The number of methoxy groups -OCH3 is 1. The topological polar surface area (TPSA) is 25.0 Å². The summed E-state index contributed by atoms with van der Waals surface area (Å²) in [4.78, 5) is 3.47. The number of H-pyrrole nitrogens is 1. The molecular formula is C19H15NO. The first-order chi connectivity index (χ1) is 10.3. The highest BCUT2D eigenvalue weighted by Gasteiger charge is 2.07. The van der Waals surface area contributed by atoms with Crippen LogP contribution in [0.1, 0.15) is 0 Å². The summed E-state index contributed by atoms with van der Waals surface area (Å²) in [6.07, 6.45) is 0. The molecule has 4 rings (SSSR count). The first-order valence-electron chi connectivity index (χ1n) is 7.00. The SMILES string of the molecule is COc1cccc2cc(-c3ccc4ccccc4c3)[nH]c12. The zero-order valence-corrected chi connectivity index (χ0v) is 11.8. The van der Waals surface area contributed by atoms with Crippen LogP contribution in [0.2, 0.25) is 0 Å². The summed E-state index contributed by atoms with van der Waals surface area (Å²) in [7, 11) is 1.70. The molecule has 2 nitrogen and oxygen atoms in total. The van der Waals surface area contributed by atoms with Crippen molar-refractivity contribution in [2.75, 3.05) is 7.11 Å². The molecule has 102 valence electrons. The second-order valence-corrected chi connectivity index (χ2v) is 5.17. The van der Waals surface area contributed by atoms with Gasteiger partial charge in [-0.3, -0.25) is 0 Å². The molecule has 1 heterocycles. The molecule has 21 heavy (non-hydrogen) atoms. The smallest absolute Gasteiger partial charge is 0.142 e. The molecule has 2 heteroatoms. The molecule has 0 radical (unpaired) electrons. The molecule has 0 atom stereocenters. The fourth-order valence-corrected chi connectivity index (χ4v) is 2.81. The number of nitrogens with one attached hydrogen (secondary N) is 1. The molecule has 0 aliphatic heterocycles. The van der Waals surface area contributed by atoms with Gasteiger partial charge in [0.15, 0.2) is 0 Å². The number of para-hydroxylation sites is 1. The Bertz CT molecular complexity index is 937. The van der Waals surface area contributed by atoms with Gasteiger partial charge in [0.2, 0.25) is 0 Å². The highest BCUT2D eigenvalue weighted by atomic mass is 16.5. The summed E-state index contributed by atoms with van der Waals surface area (Å²) in [6.45, 7) is 0. The average Bonchev–Trinajstić information content (AvgIpc) is 2.98. The molecule has 1 aromatic heterocycles. The van der Waals surface area contributed by atoms with Gasteiger partial charge in [-0.25, -0.2) is 0 Å². The molecule has 0 aliphatic rings. The largest absolute Gasteiger partial charge is 0.495 e. The Morgan fingerprint density at radius 2 is 1.57 bits per heavy atom. The Morgan fingerprint density at radius 1 is 0.762 bits per heavy atom. The van der Waals surface area contributed by atoms with Crippen molar-refractivity contribution in [3.8, 4) is 17.0 Å². The number of hydrogen-bond acceptors (Lipinski definition) is 1. The van der Waals surface area contributed by atoms with Crippen LogP contribution in [0.25, 0.3) is 32.9 Å². The van der Waals surface area contributed by atoms with Crippen molar-refractivity contribution in [3.63, 3.8) is 0 Å². The lowest BCUT2D eigenvalue weighted by Crippen LogP contribution is -1.83. The third kappa shape index (κ3) is 1.96. The van der Waals surface area contributed by atoms with Gasteiger partial charge in [-0.1, -0.05) is 48.5 Å². The van der Waals surface area contributed by atoms with E-state index in [-0.39, 0.29) is 0 Å². The summed E-state index contributed by atoms with van der Waals surface area (Å²) >= 11 is 0. The lowest BCUT2D eigenvalue weighted by atomic mass is 10.1. The molecular weight excluding hydrogens is 258 g/mol. The molecule has 0 aliphatic carbocycles. The third-order valence-corrected chi connectivity index (χ3v) is 3.90. The molecule has 1 N–H and O–H groups in total. The van der Waals surface area contributed by atoms with Crippen molar-refractivity contribution in [1.82, 2.24) is 4.98 Å². The standard InChI is InChI=1S/C19H15NO/c1-21-18-8-4-7-16-12-17(20-19(16)18)15-10-9-13-5-2-3-6-14(13)11-15/h2-12,20H,1H3. The number of hydrogen-bond donors (Lipinski definition) is 1. The van der Waals surface area contributed by atoms with E-state index in [4.69, 9.17) is 4.74 Å². The molecule has 0 saturated heterocycles. The monoisotopic (exact) mass is 273 g/mol. The van der Waals surface area contributed by atoms with Crippen molar-refractivity contribution in [3.05, 3.63) is 66.7 Å². The second-order valence-electron chi connectivity index (χ2n) is 5.17. The lowest BCUT2D eigenvalue weighted by molar-refractivity contribution is 0.419. The number of ether oxygens (including phenoxy) is 1. The van der Waals surface area contributed by atoms with E-state index in [1.54, 1.807) is 7.11 Å². The van der Waals surface area contributed by atoms with Crippen LogP contribution in [0.15, 0.2) is 66.7 Å². The van der Waals surface area contributed by atoms with E-state index in [1.165, 1.54) is 16.3 Å². The molecule has 0 fully saturated rings. The molecule has 3 aromatic carbocycles. The van der Waals surface area contributed by atoms with Crippen molar-refractivity contribution >= 4 is 21.7 Å². The highest BCUT2D eigenvalue weighted by molar-refractivity contribution is 5.92. The maximum atomic E-state index is 5.42. The van der Waals surface area contributed by atoms with E-state index < -0.39 is 0 Å². The molecule has 4 aromatic rings. The zero-order chi connectivity index (χ0) is 14.2. The predicted molar refractivity (Wildman–Crippen MR) is 87.8 cm³/mol. The quantitative estimate of drug-likeness (QED) is 0.546. The van der Waals surface area contributed by atoms with Gasteiger partial charge in [-0.15, -0.1) is 0 Å². The predicted octanol–water partition coefficient (Wildman–Crippen LogP) is 5.00. The lowest BCUT2D eigenvalue weighted by Gasteiger charge is -2.02. The van der Waals surface area contributed by atoms with Gasteiger partial charge in [0.1, 0.15) is 5.75 Å². The van der Waals surface area contributed by atoms with Gasteiger partial charge in [0, 0.05) is 11.1 Å². The van der Waals surface area contributed by atoms with Gasteiger partial charge in [0.05, 0.1) is 12.6 Å². The van der Waals surface area contributed by atoms with Gasteiger partial charge in [-0.2, -0.15) is 0 Å². The van der Waals surface area contributed by atoms with Crippen molar-refractivity contribution in [2.24, 2.45) is 0 Å². The fraction of sp³-hybridized carbons (Fsp3) is 0.0526. The van der Waals surface area contributed by atoms with E-state index in [9.17, 15) is 0 Å². The minimum absolute atomic E-state index is 0.875. The van der Waals surface area contributed by atoms with Crippen LogP contribution in [0.3, 0.4) is 0 Å². The Morgan fingerprint density at radius 3 is 2.43 bits per heavy atom. The van der Waals surface area contributed by atoms with E-state index >= 15 is 0 Å². The first-order valence-corrected chi connectivity index (χ1v) is 7.00. The van der Waals surface area contributed by atoms with Crippen LogP contribution >= 0.6 is 0 Å².